The van der Waals surface area contributed by atoms with Gasteiger partial charge in [-0.15, -0.1) is 0 Å². The third-order valence-corrected chi connectivity index (χ3v) is 4.20. The Bertz CT molecular complexity index is 409. The fourth-order valence-electron chi connectivity index (χ4n) is 2.60. The summed E-state index contributed by atoms with van der Waals surface area (Å²) >= 11 is 12.1. The zero-order chi connectivity index (χ0) is 13.1. The average molecular weight is 289 g/mol. The molecule has 1 aliphatic heterocycles. The van der Waals surface area contributed by atoms with Gasteiger partial charge in [-0.25, -0.2) is 0 Å². The van der Waals surface area contributed by atoms with E-state index in [9.17, 15) is 5.11 Å². The maximum absolute atomic E-state index is 10.3. The lowest BCUT2D eigenvalue weighted by atomic mass is 9.89. The van der Waals surface area contributed by atoms with Crippen molar-refractivity contribution in [1.82, 2.24) is 0 Å². The summed E-state index contributed by atoms with van der Waals surface area (Å²) in [6.07, 6.45) is 2.12. The number of aliphatic hydroxyl groups is 1. The second-order valence-corrected chi connectivity index (χ2v) is 5.62. The van der Waals surface area contributed by atoms with Gasteiger partial charge in [0.1, 0.15) is 0 Å². The molecule has 0 bridgehead atoms. The molecule has 1 N–H and O–H groups in total. The van der Waals surface area contributed by atoms with Crippen LogP contribution in [0.25, 0.3) is 0 Å². The molecule has 0 aromatic heterocycles. The third-order valence-electron chi connectivity index (χ3n) is 3.59. The first-order valence-electron chi connectivity index (χ1n) is 6.35. The highest BCUT2D eigenvalue weighted by Crippen LogP contribution is 2.30. The normalized spacial score (nSPS) is 25.3. The number of halogens is 2. The number of hydrogen-bond acceptors (Lipinski definition) is 2. The van der Waals surface area contributed by atoms with E-state index in [1.165, 1.54) is 0 Å². The minimum atomic E-state index is -0.423. The topological polar surface area (TPSA) is 29.5 Å². The van der Waals surface area contributed by atoms with Crippen LogP contribution in [0.2, 0.25) is 10.0 Å². The smallest absolute Gasteiger partial charge is 0.0634 e. The molecule has 18 heavy (non-hydrogen) atoms. The zero-order valence-electron chi connectivity index (χ0n) is 10.4. The Morgan fingerprint density at radius 3 is 2.94 bits per heavy atom. The minimum absolute atomic E-state index is 0.165. The number of ether oxygens (including phenoxy) is 1. The van der Waals surface area contributed by atoms with E-state index in [2.05, 4.69) is 6.92 Å². The van der Waals surface area contributed by atoms with E-state index in [0.717, 1.165) is 25.0 Å². The maximum Gasteiger partial charge on any atom is 0.0634 e. The van der Waals surface area contributed by atoms with Gasteiger partial charge in [-0.2, -0.15) is 0 Å². The molecule has 1 aromatic carbocycles. The first-order chi connectivity index (χ1) is 8.61. The van der Waals surface area contributed by atoms with Crippen LogP contribution >= 0.6 is 23.2 Å². The van der Waals surface area contributed by atoms with Gasteiger partial charge in [0.2, 0.25) is 0 Å². The van der Waals surface area contributed by atoms with E-state index in [-0.39, 0.29) is 12.0 Å². The van der Waals surface area contributed by atoms with E-state index in [1.807, 2.05) is 6.07 Å². The summed E-state index contributed by atoms with van der Waals surface area (Å²) in [6, 6.07) is 5.35. The fourth-order valence-corrected chi connectivity index (χ4v) is 2.99. The Hall–Kier alpha value is -0.280. The van der Waals surface area contributed by atoms with Crippen molar-refractivity contribution in [2.45, 2.75) is 38.4 Å². The maximum atomic E-state index is 10.3. The van der Waals surface area contributed by atoms with Gasteiger partial charge in [-0.05, 0) is 36.6 Å². The monoisotopic (exact) mass is 288 g/mol. The van der Waals surface area contributed by atoms with Crippen molar-refractivity contribution in [2.75, 3.05) is 6.61 Å². The van der Waals surface area contributed by atoms with Crippen molar-refractivity contribution < 1.29 is 9.84 Å². The first kappa shape index (κ1) is 14.1. The molecular formula is C14H18Cl2O2. The summed E-state index contributed by atoms with van der Waals surface area (Å²) < 4.78 is 5.61. The van der Waals surface area contributed by atoms with E-state index in [4.69, 9.17) is 27.9 Å². The van der Waals surface area contributed by atoms with Crippen LogP contribution in [0.5, 0.6) is 0 Å². The summed E-state index contributed by atoms with van der Waals surface area (Å²) in [5.41, 5.74) is 0.901. The van der Waals surface area contributed by atoms with Crippen LogP contribution in [0.4, 0.5) is 0 Å². The molecule has 3 unspecified atom stereocenters. The molecular weight excluding hydrogens is 271 g/mol. The summed E-state index contributed by atoms with van der Waals surface area (Å²) in [5, 5.41) is 11.6. The number of rotatable bonds is 4. The van der Waals surface area contributed by atoms with E-state index in [0.29, 0.717) is 16.5 Å². The Kier molecular flexibility index (Phi) is 4.91. The molecule has 1 heterocycles. The van der Waals surface area contributed by atoms with E-state index in [1.54, 1.807) is 12.1 Å². The molecule has 1 saturated heterocycles. The second kappa shape index (κ2) is 6.25. The lowest BCUT2D eigenvalue weighted by Crippen LogP contribution is -2.29. The van der Waals surface area contributed by atoms with Crippen LogP contribution in [-0.4, -0.2) is 23.9 Å². The predicted molar refractivity (Wildman–Crippen MR) is 74.3 cm³/mol. The quantitative estimate of drug-likeness (QED) is 0.915. The average Bonchev–Trinajstić information content (AvgIpc) is 2.82. The molecule has 2 rings (SSSR count). The van der Waals surface area contributed by atoms with Gasteiger partial charge in [0.15, 0.2) is 0 Å². The highest BCUT2D eigenvalue weighted by atomic mass is 35.5. The van der Waals surface area contributed by atoms with Gasteiger partial charge in [0.25, 0.3) is 0 Å². The summed E-state index contributed by atoms with van der Waals surface area (Å²) in [4.78, 5) is 0. The van der Waals surface area contributed by atoms with Crippen molar-refractivity contribution in [3.8, 4) is 0 Å². The summed E-state index contributed by atoms with van der Waals surface area (Å²) in [5.74, 6) is 0.199. The van der Waals surface area contributed by atoms with Gasteiger partial charge >= 0.3 is 0 Å². The number of benzene rings is 1. The van der Waals surface area contributed by atoms with Gasteiger partial charge in [0, 0.05) is 29.0 Å². The lowest BCUT2D eigenvalue weighted by molar-refractivity contribution is 0.0318. The van der Waals surface area contributed by atoms with Crippen molar-refractivity contribution in [2.24, 2.45) is 5.92 Å². The Morgan fingerprint density at radius 2 is 2.22 bits per heavy atom. The molecule has 4 heteroatoms. The van der Waals surface area contributed by atoms with Crippen LogP contribution < -0.4 is 0 Å². The molecule has 100 valence electrons. The van der Waals surface area contributed by atoms with Gasteiger partial charge in [0.05, 0.1) is 12.2 Å². The van der Waals surface area contributed by atoms with Gasteiger partial charge in [-0.1, -0.05) is 30.1 Å². The minimum Gasteiger partial charge on any atom is -0.392 e. The van der Waals surface area contributed by atoms with Crippen molar-refractivity contribution in [3.63, 3.8) is 0 Å². The standard InChI is InChI=1S/C14H18Cl2O2/c1-2-14-11(5-6-18-14)13(17)8-9-7-10(15)3-4-12(9)16/h3-4,7,11,13-14,17H,2,5-6,8H2,1H3. The van der Waals surface area contributed by atoms with Crippen LogP contribution in [-0.2, 0) is 11.2 Å². The molecule has 2 nitrogen and oxygen atoms in total. The van der Waals surface area contributed by atoms with E-state index < -0.39 is 6.10 Å². The predicted octanol–water partition coefficient (Wildman–Crippen LogP) is 3.71. The van der Waals surface area contributed by atoms with Gasteiger partial charge < -0.3 is 9.84 Å². The van der Waals surface area contributed by atoms with Crippen molar-refractivity contribution in [1.29, 1.82) is 0 Å². The highest BCUT2D eigenvalue weighted by molar-refractivity contribution is 6.33. The third kappa shape index (κ3) is 3.18. The van der Waals surface area contributed by atoms with Crippen LogP contribution in [0.3, 0.4) is 0 Å². The summed E-state index contributed by atoms with van der Waals surface area (Å²) in [6.45, 7) is 2.82. The molecule has 0 aliphatic carbocycles. The number of aliphatic hydroxyl groups excluding tert-OH is 1. The second-order valence-electron chi connectivity index (χ2n) is 4.78. The van der Waals surface area contributed by atoms with Crippen LogP contribution in [0, 0.1) is 5.92 Å². The fraction of sp³-hybridized carbons (Fsp3) is 0.571. The Balaban J connectivity index is 2.06. The Morgan fingerprint density at radius 1 is 1.44 bits per heavy atom. The lowest BCUT2D eigenvalue weighted by Gasteiger charge is -2.23. The molecule has 0 radical (unpaired) electrons. The number of hydrogen-bond donors (Lipinski definition) is 1. The highest BCUT2D eigenvalue weighted by Gasteiger charge is 2.32. The summed E-state index contributed by atoms with van der Waals surface area (Å²) in [7, 11) is 0. The molecule has 0 saturated carbocycles. The van der Waals surface area contributed by atoms with Crippen molar-refractivity contribution in [3.05, 3.63) is 33.8 Å². The molecule has 1 aromatic rings. The SMILES string of the molecule is CCC1OCCC1C(O)Cc1cc(Cl)ccc1Cl. The van der Waals surface area contributed by atoms with Crippen LogP contribution in [0.1, 0.15) is 25.3 Å². The molecule has 0 spiro atoms. The molecule has 1 aliphatic rings. The molecule has 0 amide bonds. The van der Waals surface area contributed by atoms with Crippen LogP contribution in [0.15, 0.2) is 18.2 Å². The molecule has 1 fully saturated rings. The van der Waals surface area contributed by atoms with Crippen molar-refractivity contribution >= 4 is 23.2 Å². The molecule has 3 atom stereocenters. The first-order valence-corrected chi connectivity index (χ1v) is 7.11. The Labute approximate surface area is 118 Å². The van der Waals surface area contributed by atoms with E-state index >= 15 is 0 Å². The largest absolute Gasteiger partial charge is 0.392 e. The zero-order valence-corrected chi connectivity index (χ0v) is 11.9. The van der Waals surface area contributed by atoms with Gasteiger partial charge in [-0.3, -0.25) is 0 Å².